The van der Waals surface area contributed by atoms with Crippen LogP contribution in [0.5, 0.6) is 11.6 Å². The van der Waals surface area contributed by atoms with Gasteiger partial charge in [-0.1, -0.05) is 30.3 Å². The first-order valence-electron chi connectivity index (χ1n) is 10.7. The van der Waals surface area contributed by atoms with Crippen molar-refractivity contribution in [2.45, 2.75) is 13.5 Å². The number of rotatable bonds is 7. The molecule has 6 nitrogen and oxygen atoms in total. The Kier molecular flexibility index (Phi) is 6.91. The van der Waals surface area contributed by atoms with Crippen molar-refractivity contribution in [3.63, 3.8) is 0 Å². The smallest absolute Gasteiger partial charge is 0.344 e. The lowest BCUT2D eigenvalue weighted by atomic mass is 10.2. The Morgan fingerprint density at radius 3 is 2.31 bits per heavy atom. The van der Waals surface area contributed by atoms with Gasteiger partial charge in [0.1, 0.15) is 12.4 Å². The minimum Gasteiger partial charge on any atom is -0.489 e. The lowest BCUT2D eigenvalue weighted by Gasteiger charge is -2.09. The molecule has 1 N–H and O–H groups in total. The van der Waals surface area contributed by atoms with E-state index in [1.165, 1.54) is 10.6 Å². The Morgan fingerprint density at radius 2 is 1.63 bits per heavy atom. The summed E-state index contributed by atoms with van der Waals surface area (Å²) in [6.45, 7) is 2.13. The fourth-order valence-corrected chi connectivity index (χ4v) is 3.35. The molecule has 3 aromatic carbocycles. The number of hydrogen-bond donors (Lipinski definition) is 1. The molecule has 8 heteroatoms. The Morgan fingerprint density at radius 1 is 0.914 bits per heavy atom. The lowest BCUT2D eigenvalue weighted by molar-refractivity contribution is 0.0721. The van der Waals surface area contributed by atoms with E-state index in [-0.39, 0.29) is 11.4 Å². The molecule has 0 spiro atoms. The normalized spacial score (nSPS) is 10.6. The van der Waals surface area contributed by atoms with E-state index in [0.29, 0.717) is 29.3 Å². The Bertz CT molecular complexity index is 1370. The minimum absolute atomic E-state index is 0.0899. The van der Waals surface area contributed by atoms with Crippen molar-refractivity contribution < 1.29 is 27.8 Å². The van der Waals surface area contributed by atoms with Crippen LogP contribution in [0.25, 0.3) is 0 Å². The van der Waals surface area contributed by atoms with E-state index >= 15 is 0 Å². The van der Waals surface area contributed by atoms with Gasteiger partial charge in [0.25, 0.3) is 5.91 Å². The predicted octanol–water partition coefficient (Wildman–Crippen LogP) is 5.66. The maximum absolute atomic E-state index is 13.4. The number of carbonyl (C=O) groups is 2. The van der Waals surface area contributed by atoms with Crippen molar-refractivity contribution in [3.05, 3.63) is 113 Å². The second-order valence-corrected chi connectivity index (χ2v) is 7.81. The number of anilines is 1. The van der Waals surface area contributed by atoms with Crippen molar-refractivity contribution >= 4 is 17.6 Å². The molecule has 35 heavy (non-hydrogen) atoms. The number of halogens is 2. The summed E-state index contributed by atoms with van der Waals surface area (Å²) < 4.78 is 39.1. The molecule has 0 radical (unpaired) electrons. The van der Waals surface area contributed by atoms with Crippen LogP contribution in [-0.4, -0.2) is 16.4 Å². The summed E-state index contributed by atoms with van der Waals surface area (Å²) in [5.41, 5.74) is 2.31. The second kappa shape index (κ2) is 10.2. The van der Waals surface area contributed by atoms with Crippen LogP contribution in [0.3, 0.4) is 0 Å². The van der Waals surface area contributed by atoms with E-state index in [4.69, 9.17) is 9.47 Å². The number of aromatic nitrogens is 1. The molecule has 1 heterocycles. The third-order valence-electron chi connectivity index (χ3n) is 5.45. The summed E-state index contributed by atoms with van der Waals surface area (Å²) in [7, 11) is 1.62. The summed E-state index contributed by atoms with van der Waals surface area (Å²) in [6, 6.07) is 20.9. The molecule has 0 saturated carbocycles. The molecule has 0 fully saturated rings. The SMILES string of the molecule is Cc1c(C(=O)Nc2ccc(OCc3ccccc3)cc2)cc(OC(=O)c2ccc(F)c(F)c2)n1C. The van der Waals surface area contributed by atoms with Crippen molar-refractivity contribution in [3.8, 4) is 11.6 Å². The van der Waals surface area contributed by atoms with E-state index in [1.54, 1.807) is 38.2 Å². The molecule has 178 valence electrons. The molecular formula is C27H22F2N2O4. The molecule has 0 aliphatic carbocycles. The number of amides is 1. The molecule has 0 bridgehead atoms. The van der Waals surface area contributed by atoms with Crippen molar-refractivity contribution in [1.29, 1.82) is 0 Å². The molecule has 0 aliphatic rings. The average Bonchev–Trinajstić information content (AvgIpc) is 3.14. The molecule has 4 rings (SSSR count). The Hall–Kier alpha value is -4.46. The van der Waals surface area contributed by atoms with Gasteiger partial charge in [-0.3, -0.25) is 4.79 Å². The predicted molar refractivity (Wildman–Crippen MR) is 127 cm³/mol. The summed E-state index contributed by atoms with van der Waals surface area (Å²) in [5.74, 6) is -2.74. The van der Waals surface area contributed by atoms with Crippen LogP contribution in [0.2, 0.25) is 0 Å². The topological polar surface area (TPSA) is 69.6 Å². The van der Waals surface area contributed by atoms with Gasteiger partial charge in [0, 0.05) is 24.5 Å². The number of nitrogens with zero attached hydrogens (tertiary/aromatic N) is 1. The maximum Gasteiger partial charge on any atom is 0.344 e. The second-order valence-electron chi connectivity index (χ2n) is 7.81. The Balaban J connectivity index is 1.41. The quantitative estimate of drug-likeness (QED) is 0.350. The van der Waals surface area contributed by atoms with Crippen molar-refractivity contribution in [2.24, 2.45) is 7.05 Å². The van der Waals surface area contributed by atoms with Gasteiger partial charge in [0.2, 0.25) is 5.88 Å². The summed E-state index contributed by atoms with van der Waals surface area (Å²) >= 11 is 0. The zero-order valence-corrected chi connectivity index (χ0v) is 19.0. The monoisotopic (exact) mass is 476 g/mol. The first kappa shape index (κ1) is 23.7. The number of benzene rings is 3. The summed E-state index contributed by atoms with van der Waals surface area (Å²) in [4.78, 5) is 25.2. The number of ether oxygens (including phenoxy) is 2. The molecule has 0 saturated heterocycles. The largest absolute Gasteiger partial charge is 0.489 e. The minimum atomic E-state index is -1.15. The highest BCUT2D eigenvalue weighted by atomic mass is 19.2. The van der Waals surface area contributed by atoms with Gasteiger partial charge in [0.05, 0.1) is 11.1 Å². The number of hydrogen-bond acceptors (Lipinski definition) is 4. The van der Waals surface area contributed by atoms with Crippen molar-refractivity contribution in [1.82, 2.24) is 4.57 Å². The number of nitrogens with one attached hydrogen (secondary N) is 1. The van der Waals surface area contributed by atoms with Gasteiger partial charge in [0.15, 0.2) is 11.6 Å². The molecule has 4 aromatic rings. The molecule has 0 unspecified atom stereocenters. The zero-order chi connectivity index (χ0) is 24.9. The van der Waals surface area contributed by atoms with Crippen LogP contribution in [0.4, 0.5) is 14.5 Å². The van der Waals surface area contributed by atoms with Gasteiger partial charge >= 0.3 is 5.97 Å². The third kappa shape index (κ3) is 5.55. The lowest BCUT2D eigenvalue weighted by Crippen LogP contribution is -2.12. The fourth-order valence-electron chi connectivity index (χ4n) is 3.35. The van der Waals surface area contributed by atoms with E-state index in [1.807, 2.05) is 30.3 Å². The molecule has 1 aromatic heterocycles. The van der Waals surface area contributed by atoms with Gasteiger partial charge in [-0.2, -0.15) is 0 Å². The Labute approximate surface area is 200 Å². The standard InChI is InChI=1S/C27H22F2N2O4/c1-17-22(15-25(31(17)2)35-27(33)19-8-13-23(28)24(29)14-19)26(32)30-20-9-11-21(12-10-20)34-16-18-6-4-3-5-7-18/h3-15H,16H2,1-2H3,(H,30,32). The average molecular weight is 476 g/mol. The first-order valence-corrected chi connectivity index (χ1v) is 10.7. The van der Waals surface area contributed by atoms with Crippen LogP contribution in [-0.2, 0) is 13.7 Å². The number of esters is 1. The van der Waals surface area contributed by atoms with E-state index in [0.717, 1.165) is 23.8 Å². The molecular weight excluding hydrogens is 454 g/mol. The maximum atomic E-state index is 13.4. The van der Waals surface area contributed by atoms with Crippen molar-refractivity contribution in [2.75, 3.05) is 5.32 Å². The van der Waals surface area contributed by atoms with Gasteiger partial charge in [-0.05, 0) is 55.0 Å². The van der Waals surface area contributed by atoms with Crippen LogP contribution >= 0.6 is 0 Å². The van der Waals surface area contributed by atoms with Crippen LogP contribution in [0.15, 0.2) is 78.9 Å². The van der Waals surface area contributed by atoms with Crippen LogP contribution in [0, 0.1) is 18.6 Å². The van der Waals surface area contributed by atoms with E-state index in [9.17, 15) is 18.4 Å². The van der Waals surface area contributed by atoms with Gasteiger partial charge in [-0.25, -0.2) is 13.6 Å². The van der Waals surface area contributed by atoms with Gasteiger partial charge < -0.3 is 19.4 Å². The summed E-state index contributed by atoms with van der Waals surface area (Å²) in [5, 5.41) is 2.80. The van der Waals surface area contributed by atoms with Crippen LogP contribution < -0.4 is 14.8 Å². The number of carbonyl (C=O) groups excluding carboxylic acids is 2. The zero-order valence-electron chi connectivity index (χ0n) is 19.0. The molecule has 0 aliphatic heterocycles. The van der Waals surface area contributed by atoms with Gasteiger partial charge in [-0.15, -0.1) is 0 Å². The third-order valence-corrected chi connectivity index (χ3v) is 5.45. The highest BCUT2D eigenvalue weighted by Crippen LogP contribution is 2.24. The van der Waals surface area contributed by atoms with E-state index < -0.39 is 23.5 Å². The highest BCUT2D eigenvalue weighted by molar-refractivity contribution is 6.05. The first-order chi connectivity index (χ1) is 16.8. The molecule has 0 atom stereocenters. The highest BCUT2D eigenvalue weighted by Gasteiger charge is 2.20. The van der Waals surface area contributed by atoms with E-state index in [2.05, 4.69) is 5.32 Å². The molecule has 1 amide bonds. The summed E-state index contributed by atoms with van der Waals surface area (Å²) in [6.07, 6.45) is 0. The van der Waals surface area contributed by atoms with Crippen LogP contribution in [0.1, 0.15) is 32.0 Å². The fraction of sp³-hybridized carbons (Fsp3) is 0.111.